The summed E-state index contributed by atoms with van der Waals surface area (Å²) < 4.78 is 16.9. The Labute approximate surface area is 163 Å². The van der Waals surface area contributed by atoms with E-state index < -0.39 is 5.60 Å². The molecule has 0 unspecified atom stereocenters. The zero-order valence-electron chi connectivity index (χ0n) is 17.2. The first-order valence-corrected chi connectivity index (χ1v) is 10.1. The summed E-state index contributed by atoms with van der Waals surface area (Å²) in [5.41, 5.74) is 0.703. The van der Waals surface area contributed by atoms with Gasteiger partial charge in [0.2, 0.25) is 5.88 Å². The largest absolute Gasteiger partial charge is 0.475 e. The summed E-state index contributed by atoms with van der Waals surface area (Å²) in [6.45, 7) is 10.3. The monoisotopic (exact) mass is 378 g/mol. The lowest BCUT2D eigenvalue weighted by Crippen LogP contribution is -2.49. The zero-order chi connectivity index (χ0) is 19.7. The average Bonchev–Trinajstić information content (AvgIpc) is 2.65. The summed E-state index contributed by atoms with van der Waals surface area (Å²) in [6, 6.07) is 3.62. The summed E-state index contributed by atoms with van der Waals surface area (Å²) in [5.74, 6) is 0.965. The lowest BCUT2D eigenvalue weighted by atomic mass is 9.78. The van der Waals surface area contributed by atoms with Gasteiger partial charge in [-0.3, -0.25) is 4.79 Å². The van der Waals surface area contributed by atoms with Crippen LogP contribution >= 0.6 is 0 Å². The Bertz CT molecular complexity index is 608. The summed E-state index contributed by atoms with van der Waals surface area (Å²) in [7, 11) is 0. The van der Waals surface area contributed by atoms with E-state index in [0.29, 0.717) is 43.9 Å². The van der Waals surface area contributed by atoms with Crippen molar-refractivity contribution in [3.8, 4) is 5.88 Å². The van der Waals surface area contributed by atoms with E-state index in [0.717, 1.165) is 37.8 Å². The summed E-state index contributed by atoms with van der Waals surface area (Å²) in [4.78, 5) is 17.5. The molecule has 1 amide bonds. The van der Waals surface area contributed by atoms with Gasteiger partial charge in [0.15, 0.2) is 0 Å². The molecule has 1 aliphatic rings. The quantitative estimate of drug-likeness (QED) is 0.620. The smallest absolute Gasteiger partial charge is 0.256 e. The number of rotatable bonds is 10. The maximum Gasteiger partial charge on any atom is 0.256 e. The molecule has 0 aliphatic heterocycles. The van der Waals surface area contributed by atoms with Crippen LogP contribution in [0.4, 0.5) is 5.69 Å². The predicted molar refractivity (Wildman–Crippen MR) is 106 cm³/mol. The summed E-state index contributed by atoms with van der Waals surface area (Å²) >= 11 is 0. The lowest BCUT2D eigenvalue weighted by molar-refractivity contribution is -0.148. The molecule has 27 heavy (non-hydrogen) atoms. The van der Waals surface area contributed by atoms with Crippen molar-refractivity contribution in [2.45, 2.75) is 65.4 Å². The molecular weight excluding hydrogens is 344 g/mol. The first-order chi connectivity index (χ1) is 13.0. The number of nitrogens with one attached hydrogen (secondary N) is 1. The number of pyridine rings is 1. The van der Waals surface area contributed by atoms with Crippen LogP contribution in [0.5, 0.6) is 5.88 Å². The number of carbonyl (C=O) groups is 1. The van der Waals surface area contributed by atoms with Crippen LogP contribution < -0.4 is 10.1 Å². The van der Waals surface area contributed by atoms with Gasteiger partial charge in [-0.1, -0.05) is 20.3 Å². The number of ether oxygens (including phenoxy) is 3. The molecule has 1 heterocycles. The third-order valence-corrected chi connectivity index (χ3v) is 4.94. The van der Waals surface area contributed by atoms with Gasteiger partial charge in [0.05, 0.1) is 18.0 Å². The number of amides is 1. The van der Waals surface area contributed by atoms with Crippen molar-refractivity contribution in [2.24, 2.45) is 5.92 Å². The van der Waals surface area contributed by atoms with Crippen LogP contribution in [0.25, 0.3) is 0 Å². The van der Waals surface area contributed by atoms with E-state index in [2.05, 4.69) is 24.1 Å². The number of nitrogens with zero attached hydrogens (tertiary/aromatic N) is 1. The number of carbonyl (C=O) groups excluding carboxylic acids is 1. The van der Waals surface area contributed by atoms with Crippen LogP contribution in [0, 0.1) is 12.8 Å². The van der Waals surface area contributed by atoms with Gasteiger partial charge in [0, 0.05) is 19.3 Å². The fourth-order valence-corrected chi connectivity index (χ4v) is 3.54. The van der Waals surface area contributed by atoms with E-state index in [1.54, 1.807) is 6.07 Å². The Morgan fingerprint density at radius 2 is 2.11 bits per heavy atom. The van der Waals surface area contributed by atoms with Crippen molar-refractivity contribution in [1.82, 2.24) is 4.98 Å². The fourth-order valence-electron chi connectivity index (χ4n) is 3.54. The molecule has 1 fully saturated rings. The van der Waals surface area contributed by atoms with Crippen molar-refractivity contribution in [1.29, 1.82) is 0 Å². The van der Waals surface area contributed by atoms with E-state index in [-0.39, 0.29) is 5.91 Å². The molecule has 0 aromatic carbocycles. The molecule has 1 saturated carbocycles. The third-order valence-electron chi connectivity index (χ3n) is 4.94. The Balaban J connectivity index is 2.03. The number of aromatic nitrogens is 1. The van der Waals surface area contributed by atoms with Crippen LogP contribution in [0.15, 0.2) is 12.1 Å². The molecule has 1 aliphatic carbocycles. The first-order valence-electron chi connectivity index (χ1n) is 10.1. The maximum atomic E-state index is 13.1. The van der Waals surface area contributed by atoms with E-state index in [4.69, 9.17) is 14.2 Å². The van der Waals surface area contributed by atoms with Gasteiger partial charge >= 0.3 is 0 Å². The van der Waals surface area contributed by atoms with Crippen molar-refractivity contribution in [3.63, 3.8) is 0 Å². The van der Waals surface area contributed by atoms with Gasteiger partial charge in [0.25, 0.3) is 5.91 Å². The van der Waals surface area contributed by atoms with Gasteiger partial charge in [-0.25, -0.2) is 4.98 Å². The summed E-state index contributed by atoms with van der Waals surface area (Å²) in [5, 5.41) is 3.05. The van der Waals surface area contributed by atoms with Crippen LogP contribution in [0.1, 0.15) is 58.6 Å². The molecule has 0 radical (unpaired) electrons. The second kappa shape index (κ2) is 10.6. The minimum atomic E-state index is -0.729. The topological polar surface area (TPSA) is 69.7 Å². The molecule has 6 heteroatoms. The molecular formula is C21H34N2O4. The SMILES string of the molecule is CCCO[C@@]1(C(=O)Nc2ccc(OCCOCC)nc2C)CCC[C@H](C)C1. The number of hydrogen-bond donors (Lipinski definition) is 1. The van der Waals surface area contributed by atoms with E-state index in [1.165, 1.54) is 0 Å². The molecule has 0 saturated heterocycles. The number of hydrogen-bond acceptors (Lipinski definition) is 5. The first kappa shape index (κ1) is 21.6. The zero-order valence-corrected chi connectivity index (χ0v) is 17.2. The number of anilines is 1. The minimum absolute atomic E-state index is 0.0579. The second-order valence-corrected chi connectivity index (χ2v) is 7.33. The molecule has 0 spiro atoms. The lowest BCUT2D eigenvalue weighted by Gasteiger charge is -2.38. The molecule has 0 bridgehead atoms. The Kier molecular flexibility index (Phi) is 8.51. The van der Waals surface area contributed by atoms with Gasteiger partial charge in [-0.2, -0.15) is 0 Å². The predicted octanol–water partition coefficient (Wildman–Crippen LogP) is 4.12. The molecule has 2 rings (SSSR count). The van der Waals surface area contributed by atoms with Crippen LogP contribution in [-0.4, -0.2) is 42.9 Å². The van der Waals surface area contributed by atoms with Gasteiger partial charge in [0.1, 0.15) is 12.2 Å². The van der Waals surface area contributed by atoms with Crippen LogP contribution in [0.2, 0.25) is 0 Å². The molecule has 2 atom stereocenters. The highest BCUT2D eigenvalue weighted by atomic mass is 16.5. The highest BCUT2D eigenvalue weighted by Crippen LogP contribution is 2.36. The highest BCUT2D eigenvalue weighted by Gasteiger charge is 2.42. The standard InChI is InChI=1S/C21H34N2O4/c1-5-12-27-21(11-7-8-16(3)15-21)20(24)23-18-9-10-19(22-17(18)4)26-14-13-25-6-2/h9-10,16H,5-8,11-15H2,1-4H3,(H,23,24)/t16-,21-/m0/s1. The van der Waals surface area contributed by atoms with Gasteiger partial charge in [-0.05, 0) is 51.5 Å². The fraction of sp³-hybridized carbons (Fsp3) is 0.714. The number of aryl methyl sites for hydroxylation is 1. The average molecular weight is 379 g/mol. The van der Waals surface area contributed by atoms with Crippen molar-refractivity contribution in [2.75, 3.05) is 31.7 Å². The minimum Gasteiger partial charge on any atom is -0.475 e. The molecule has 6 nitrogen and oxygen atoms in total. The van der Waals surface area contributed by atoms with Crippen LogP contribution in [-0.2, 0) is 14.3 Å². The molecule has 1 aromatic rings. The molecule has 152 valence electrons. The Hall–Kier alpha value is -1.66. The van der Waals surface area contributed by atoms with E-state index >= 15 is 0 Å². The molecule has 1 N–H and O–H groups in total. The van der Waals surface area contributed by atoms with E-state index in [1.807, 2.05) is 19.9 Å². The van der Waals surface area contributed by atoms with Crippen LogP contribution in [0.3, 0.4) is 0 Å². The third kappa shape index (κ3) is 6.18. The van der Waals surface area contributed by atoms with Gasteiger partial charge in [-0.15, -0.1) is 0 Å². The van der Waals surface area contributed by atoms with Crippen molar-refractivity contribution < 1.29 is 19.0 Å². The van der Waals surface area contributed by atoms with Gasteiger partial charge < -0.3 is 19.5 Å². The second-order valence-electron chi connectivity index (χ2n) is 7.33. The normalized spacial score (nSPS) is 22.4. The highest BCUT2D eigenvalue weighted by molar-refractivity contribution is 5.97. The van der Waals surface area contributed by atoms with Crippen molar-refractivity contribution in [3.05, 3.63) is 17.8 Å². The Morgan fingerprint density at radius 1 is 1.30 bits per heavy atom. The summed E-state index contributed by atoms with van der Waals surface area (Å²) in [6.07, 6.45) is 4.61. The van der Waals surface area contributed by atoms with E-state index in [9.17, 15) is 4.79 Å². The maximum absolute atomic E-state index is 13.1. The molecule has 1 aromatic heterocycles. The van der Waals surface area contributed by atoms with Crippen molar-refractivity contribution >= 4 is 11.6 Å². The Morgan fingerprint density at radius 3 is 2.78 bits per heavy atom.